The van der Waals surface area contributed by atoms with Crippen molar-refractivity contribution < 1.29 is 0 Å². The van der Waals surface area contributed by atoms with E-state index in [9.17, 15) is 4.79 Å². The maximum absolute atomic E-state index is 12.2. The van der Waals surface area contributed by atoms with Crippen LogP contribution >= 0.6 is 0 Å². The van der Waals surface area contributed by atoms with Gasteiger partial charge in [-0.2, -0.15) is 0 Å². The summed E-state index contributed by atoms with van der Waals surface area (Å²) in [6.07, 6.45) is 1.00. The molecule has 1 aliphatic rings. The highest BCUT2D eigenvalue weighted by Crippen LogP contribution is 2.25. The van der Waals surface area contributed by atoms with Crippen LogP contribution in [0.5, 0.6) is 0 Å². The van der Waals surface area contributed by atoms with Crippen molar-refractivity contribution in [3.05, 3.63) is 45.7 Å². The first-order valence-corrected chi connectivity index (χ1v) is 6.68. The van der Waals surface area contributed by atoms with E-state index < -0.39 is 0 Å². The summed E-state index contributed by atoms with van der Waals surface area (Å²) >= 11 is 0. The number of aromatic amines is 1. The molecule has 0 radical (unpaired) electrons. The van der Waals surface area contributed by atoms with Crippen LogP contribution in [-0.4, -0.2) is 4.98 Å². The Morgan fingerprint density at radius 2 is 2.00 bits per heavy atom. The number of aromatic nitrogens is 1. The third-order valence-corrected chi connectivity index (χ3v) is 3.32. The van der Waals surface area contributed by atoms with Crippen LogP contribution < -0.4 is 10.7 Å². The summed E-state index contributed by atoms with van der Waals surface area (Å²) in [6, 6.07) is 8.00. The van der Waals surface area contributed by atoms with Gasteiger partial charge in [0.1, 0.15) is 0 Å². The number of H-pyrrole nitrogens is 1. The van der Waals surface area contributed by atoms with Gasteiger partial charge >= 0.3 is 0 Å². The first kappa shape index (κ1) is 12.8. The number of benzene rings is 1. The molecule has 0 unspecified atom stereocenters. The van der Waals surface area contributed by atoms with Crippen LogP contribution in [-0.2, 0) is 6.54 Å². The molecule has 0 saturated heterocycles. The lowest BCUT2D eigenvalue weighted by molar-refractivity contribution is 0.559. The lowest BCUT2D eigenvalue weighted by atomic mass is 10.1. The van der Waals surface area contributed by atoms with Crippen LogP contribution in [0.25, 0.3) is 10.9 Å². The van der Waals surface area contributed by atoms with E-state index in [1.54, 1.807) is 0 Å². The van der Waals surface area contributed by atoms with Gasteiger partial charge in [0.2, 0.25) is 0 Å². The maximum atomic E-state index is 12.2. The zero-order valence-corrected chi connectivity index (χ0v) is 11.2. The number of nitrogens with one attached hydrogen (secondary N) is 2. The molecule has 96 valence electrons. The van der Waals surface area contributed by atoms with Crippen LogP contribution in [0.4, 0.5) is 0 Å². The van der Waals surface area contributed by atoms with Crippen molar-refractivity contribution in [2.24, 2.45) is 0 Å². The second-order valence-corrected chi connectivity index (χ2v) is 4.23. The number of hydrogen-bond donors (Lipinski definition) is 2. The normalized spacial score (nSPS) is 17.2. The largest absolute Gasteiger partial charge is 0.357 e. The Bertz CT molecular complexity index is 601. The lowest BCUT2D eigenvalue weighted by Crippen LogP contribution is -2.11. The van der Waals surface area contributed by atoms with Crippen molar-refractivity contribution in [3.8, 4) is 0 Å². The van der Waals surface area contributed by atoms with Crippen LogP contribution in [0.2, 0.25) is 0 Å². The summed E-state index contributed by atoms with van der Waals surface area (Å²) < 4.78 is 0. The monoisotopic (exact) mass is 244 g/mol. The van der Waals surface area contributed by atoms with Crippen LogP contribution in [0.3, 0.4) is 0 Å². The fraction of sp³-hybridized carbons (Fsp3) is 0.400. The molecule has 0 aliphatic carbocycles. The lowest BCUT2D eigenvalue weighted by Gasteiger charge is -2.09. The summed E-state index contributed by atoms with van der Waals surface area (Å²) in [5.41, 5.74) is 3.10. The smallest absolute Gasteiger partial charge is 0.194 e. The van der Waals surface area contributed by atoms with Crippen LogP contribution in [0.1, 0.15) is 44.5 Å². The SMILES string of the molecule is CC.CC[C@H]1NCc2c1[nH]c1ccccc1c2=O. The highest BCUT2D eigenvalue weighted by molar-refractivity contribution is 5.79. The van der Waals surface area contributed by atoms with Crippen molar-refractivity contribution in [1.29, 1.82) is 0 Å². The van der Waals surface area contributed by atoms with E-state index in [0.29, 0.717) is 12.6 Å². The number of hydrogen-bond acceptors (Lipinski definition) is 2. The predicted octanol–water partition coefficient (Wildman–Crippen LogP) is 3.11. The van der Waals surface area contributed by atoms with Crippen molar-refractivity contribution in [2.75, 3.05) is 0 Å². The fourth-order valence-electron chi connectivity index (χ4n) is 2.44. The van der Waals surface area contributed by atoms with E-state index in [2.05, 4.69) is 17.2 Å². The molecule has 1 atom stereocenters. The molecule has 1 aromatic heterocycles. The molecular weight excluding hydrogens is 224 g/mol. The molecule has 2 heterocycles. The summed E-state index contributed by atoms with van der Waals surface area (Å²) in [7, 11) is 0. The van der Waals surface area contributed by atoms with Gasteiger partial charge in [0.25, 0.3) is 0 Å². The summed E-state index contributed by atoms with van der Waals surface area (Å²) in [6.45, 7) is 6.81. The van der Waals surface area contributed by atoms with Gasteiger partial charge < -0.3 is 10.3 Å². The molecule has 18 heavy (non-hydrogen) atoms. The third kappa shape index (κ3) is 1.95. The van der Waals surface area contributed by atoms with Crippen molar-refractivity contribution in [2.45, 2.75) is 39.8 Å². The molecule has 3 rings (SSSR count). The summed E-state index contributed by atoms with van der Waals surface area (Å²) in [5, 5.41) is 4.15. The molecular formula is C15H20N2O. The van der Waals surface area contributed by atoms with Gasteiger partial charge in [0.05, 0.1) is 0 Å². The van der Waals surface area contributed by atoms with Crippen LogP contribution in [0.15, 0.2) is 29.1 Å². The zero-order valence-electron chi connectivity index (χ0n) is 11.2. The van der Waals surface area contributed by atoms with E-state index in [0.717, 1.165) is 28.6 Å². The second-order valence-electron chi connectivity index (χ2n) is 4.23. The minimum atomic E-state index is 0.174. The van der Waals surface area contributed by atoms with Gasteiger partial charge in [-0.05, 0) is 18.6 Å². The predicted molar refractivity (Wildman–Crippen MR) is 75.8 cm³/mol. The standard InChI is InChI=1S/C13H14N2O.C2H6/c1-2-10-12-9(7-14-10)13(16)8-5-3-4-6-11(8)15-12;1-2/h3-6,10,14H,2,7H2,1H3,(H,15,16);1-2H3/t10-;/m1./s1. The van der Waals surface area contributed by atoms with Gasteiger partial charge in [-0.25, -0.2) is 0 Å². The highest BCUT2D eigenvalue weighted by Gasteiger charge is 2.24. The quantitative estimate of drug-likeness (QED) is 0.809. The molecule has 2 N–H and O–H groups in total. The molecule has 0 saturated carbocycles. The minimum Gasteiger partial charge on any atom is -0.357 e. The second kappa shape index (κ2) is 5.36. The van der Waals surface area contributed by atoms with Crippen molar-refractivity contribution in [3.63, 3.8) is 0 Å². The Morgan fingerprint density at radius 1 is 1.28 bits per heavy atom. The average Bonchev–Trinajstić information content (AvgIpc) is 2.84. The number of rotatable bonds is 1. The zero-order chi connectivity index (χ0) is 13.1. The third-order valence-electron chi connectivity index (χ3n) is 3.32. The first-order valence-electron chi connectivity index (χ1n) is 6.68. The van der Waals surface area contributed by atoms with Gasteiger partial charge in [0.15, 0.2) is 5.43 Å². The maximum Gasteiger partial charge on any atom is 0.194 e. The topological polar surface area (TPSA) is 44.9 Å². The molecule has 0 spiro atoms. The highest BCUT2D eigenvalue weighted by atomic mass is 16.1. The molecule has 3 nitrogen and oxygen atoms in total. The Balaban J connectivity index is 0.000000574. The fourth-order valence-corrected chi connectivity index (χ4v) is 2.44. The summed E-state index contributed by atoms with van der Waals surface area (Å²) in [4.78, 5) is 15.6. The van der Waals surface area contributed by atoms with E-state index in [1.165, 1.54) is 0 Å². The summed E-state index contributed by atoms with van der Waals surface area (Å²) in [5.74, 6) is 0. The Labute approximate surface area is 107 Å². The minimum absolute atomic E-state index is 0.174. The Morgan fingerprint density at radius 3 is 2.72 bits per heavy atom. The van der Waals surface area contributed by atoms with E-state index in [1.807, 2.05) is 38.1 Å². The Hall–Kier alpha value is -1.61. The average molecular weight is 244 g/mol. The van der Waals surface area contributed by atoms with E-state index in [4.69, 9.17) is 0 Å². The van der Waals surface area contributed by atoms with Crippen molar-refractivity contribution >= 4 is 10.9 Å². The molecule has 0 amide bonds. The Kier molecular flexibility index (Phi) is 3.82. The van der Waals surface area contributed by atoms with Gasteiger partial charge in [-0.15, -0.1) is 0 Å². The van der Waals surface area contributed by atoms with Gasteiger partial charge in [-0.3, -0.25) is 4.79 Å². The van der Waals surface area contributed by atoms with E-state index in [-0.39, 0.29) is 5.43 Å². The molecule has 3 heteroatoms. The molecule has 0 bridgehead atoms. The van der Waals surface area contributed by atoms with Crippen molar-refractivity contribution in [1.82, 2.24) is 10.3 Å². The molecule has 1 aliphatic heterocycles. The number of fused-ring (bicyclic) bond motifs is 2. The first-order chi connectivity index (χ1) is 8.81. The van der Waals surface area contributed by atoms with Crippen LogP contribution in [0, 0.1) is 0 Å². The van der Waals surface area contributed by atoms with Gasteiger partial charge in [-0.1, -0.05) is 32.9 Å². The molecule has 0 fully saturated rings. The van der Waals surface area contributed by atoms with E-state index >= 15 is 0 Å². The number of para-hydroxylation sites is 1. The molecule has 1 aromatic carbocycles. The van der Waals surface area contributed by atoms with Gasteiger partial charge in [0, 0.05) is 34.7 Å². The number of pyridine rings is 1. The molecule has 2 aromatic rings.